The minimum absolute atomic E-state index is 0.346. The summed E-state index contributed by atoms with van der Waals surface area (Å²) in [6.45, 7) is 5.38. The molecule has 0 saturated carbocycles. The van der Waals surface area contributed by atoms with Crippen molar-refractivity contribution in [1.29, 1.82) is 0 Å². The molecule has 132 valence electrons. The summed E-state index contributed by atoms with van der Waals surface area (Å²) in [6.07, 6.45) is -0.289. The van der Waals surface area contributed by atoms with E-state index in [2.05, 4.69) is 5.32 Å². The topological polar surface area (TPSA) is 64.6 Å². The number of aryl methyl sites for hydroxylation is 1. The SMILES string of the molecule is CC[C@H](Oc1ccccc1)C(=O)OCC(=O)Nc1cccc(C)c1C. The summed E-state index contributed by atoms with van der Waals surface area (Å²) >= 11 is 0. The Balaban J connectivity index is 1.87. The number of benzene rings is 2. The Hall–Kier alpha value is -2.82. The second kappa shape index (κ2) is 8.87. The predicted octanol–water partition coefficient (Wildman–Crippen LogP) is 3.64. The van der Waals surface area contributed by atoms with Crippen LogP contribution in [0.1, 0.15) is 24.5 Å². The van der Waals surface area contributed by atoms with E-state index in [1.807, 2.05) is 57.2 Å². The van der Waals surface area contributed by atoms with E-state index < -0.39 is 12.1 Å². The summed E-state index contributed by atoms with van der Waals surface area (Å²) in [7, 11) is 0. The van der Waals surface area contributed by atoms with Gasteiger partial charge in [0.2, 0.25) is 0 Å². The number of rotatable bonds is 7. The predicted molar refractivity (Wildman–Crippen MR) is 96.7 cm³/mol. The van der Waals surface area contributed by atoms with Gasteiger partial charge in [-0.1, -0.05) is 37.3 Å². The first-order chi connectivity index (χ1) is 12.0. The van der Waals surface area contributed by atoms with E-state index in [0.717, 1.165) is 11.1 Å². The summed E-state index contributed by atoms with van der Waals surface area (Å²) in [5.74, 6) is -0.342. The minimum atomic E-state index is -0.740. The summed E-state index contributed by atoms with van der Waals surface area (Å²) in [6, 6.07) is 14.7. The molecule has 0 aliphatic carbocycles. The molecule has 2 aromatic carbocycles. The molecule has 0 aliphatic heterocycles. The average molecular weight is 341 g/mol. The number of esters is 1. The maximum absolute atomic E-state index is 12.1. The number of ether oxygens (including phenoxy) is 2. The monoisotopic (exact) mass is 341 g/mol. The molecule has 1 amide bonds. The molecule has 2 rings (SSSR count). The summed E-state index contributed by atoms with van der Waals surface area (Å²) in [5, 5.41) is 2.76. The molecule has 0 radical (unpaired) electrons. The van der Waals surface area contributed by atoms with Crippen LogP contribution in [0.15, 0.2) is 48.5 Å². The first kappa shape index (κ1) is 18.5. The highest BCUT2D eigenvalue weighted by molar-refractivity contribution is 5.93. The molecule has 25 heavy (non-hydrogen) atoms. The highest BCUT2D eigenvalue weighted by Gasteiger charge is 2.21. The van der Waals surface area contributed by atoms with E-state index in [4.69, 9.17) is 9.47 Å². The van der Waals surface area contributed by atoms with Gasteiger partial charge in [-0.25, -0.2) is 4.79 Å². The molecule has 5 heteroatoms. The number of carbonyl (C=O) groups is 2. The summed E-state index contributed by atoms with van der Waals surface area (Å²) < 4.78 is 10.7. The molecule has 0 aromatic heterocycles. The fourth-order valence-corrected chi connectivity index (χ4v) is 2.26. The van der Waals surface area contributed by atoms with Crippen molar-refractivity contribution in [2.24, 2.45) is 0 Å². The van der Waals surface area contributed by atoms with Gasteiger partial charge < -0.3 is 14.8 Å². The fourth-order valence-electron chi connectivity index (χ4n) is 2.26. The quantitative estimate of drug-likeness (QED) is 0.781. The van der Waals surface area contributed by atoms with Crippen LogP contribution < -0.4 is 10.1 Å². The average Bonchev–Trinajstić information content (AvgIpc) is 2.62. The van der Waals surface area contributed by atoms with Gasteiger partial charge >= 0.3 is 5.97 Å². The van der Waals surface area contributed by atoms with Crippen LogP contribution in [0.3, 0.4) is 0 Å². The van der Waals surface area contributed by atoms with Gasteiger partial charge in [-0.2, -0.15) is 0 Å². The molecule has 1 N–H and O–H groups in total. The molecule has 0 saturated heterocycles. The second-order valence-corrected chi connectivity index (χ2v) is 5.73. The van der Waals surface area contributed by atoms with E-state index in [1.165, 1.54) is 0 Å². The van der Waals surface area contributed by atoms with E-state index >= 15 is 0 Å². The lowest BCUT2D eigenvalue weighted by Crippen LogP contribution is -2.31. The van der Waals surface area contributed by atoms with Crippen molar-refractivity contribution in [2.75, 3.05) is 11.9 Å². The zero-order valence-corrected chi connectivity index (χ0v) is 14.7. The van der Waals surface area contributed by atoms with E-state index in [0.29, 0.717) is 17.9 Å². The zero-order valence-electron chi connectivity index (χ0n) is 14.7. The van der Waals surface area contributed by atoms with Crippen molar-refractivity contribution in [1.82, 2.24) is 0 Å². The van der Waals surface area contributed by atoms with Crippen LogP contribution in [0, 0.1) is 13.8 Å². The number of carbonyl (C=O) groups excluding carboxylic acids is 2. The van der Waals surface area contributed by atoms with Gasteiger partial charge in [0.1, 0.15) is 5.75 Å². The highest BCUT2D eigenvalue weighted by atomic mass is 16.6. The normalized spacial score (nSPS) is 11.5. The Kier molecular flexibility index (Phi) is 6.57. The lowest BCUT2D eigenvalue weighted by molar-refractivity contribution is -0.154. The van der Waals surface area contributed by atoms with Crippen molar-refractivity contribution >= 4 is 17.6 Å². The Bertz CT molecular complexity index is 728. The Labute approximate surface area is 148 Å². The molecular weight excluding hydrogens is 318 g/mol. The molecular formula is C20H23NO4. The van der Waals surface area contributed by atoms with Crippen LogP contribution >= 0.6 is 0 Å². The van der Waals surface area contributed by atoms with Crippen molar-refractivity contribution in [2.45, 2.75) is 33.3 Å². The van der Waals surface area contributed by atoms with Gasteiger partial charge in [-0.15, -0.1) is 0 Å². The van der Waals surface area contributed by atoms with Crippen LogP contribution in [0.5, 0.6) is 5.75 Å². The number of amides is 1. The Morgan fingerprint density at radius 3 is 2.44 bits per heavy atom. The Morgan fingerprint density at radius 1 is 1.04 bits per heavy atom. The maximum Gasteiger partial charge on any atom is 0.347 e. The second-order valence-electron chi connectivity index (χ2n) is 5.73. The largest absolute Gasteiger partial charge is 0.479 e. The van der Waals surface area contributed by atoms with E-state index in [1.54, 1.807) is 12.1 Å². The molecule has 0 bridgehead atoms. The van der Waals surface area contributed by atoms with Gasteiger partial charge in [-0.05, 0) is 49.6 Å². The van der Waals surface area contributed by atoms with Crippen LogP contribution in [0.25, 0.3) is 0 Å². The van der Waals surface area contributed by atoms with Gasteiger partial charge in [0.05, 0.1) is 0 Å². The number of nitrogens with one attached hydrogen (secondary N) is 1. The van der Waals surface area contributed by atoms with E-state index in [9.17, 15) is 9.59 Å². The van der Waals surface area contributed by atoms with Crippen LogP contribution in [0.2, 0.25) is 0 Å². The fraction of sp³-hybridized carbons (Fsp3) is 0.300. The number of hydrogen-bond acceptors (Lipinski definition) is 4. The first-order valence-electron chi connectivity index (χ1n) is 8.25. The lowest BCUT2D eigenvalue weighted by Gasteiger charge is -2.16. The molecule has 0 spiro atoms. The van der Waals surface area contributed by atoms with Crippen molar-refractivity contribution in [3.8, 4) is 5.75 Å². The number of para-hydroxylation sites is 1. The van der Waals surface area contributed by atoms with Gasteiger partial charge in [0, 0.05) is 5.69 Å². The molecule has 0 unspecified atom stereocenters. The zero-order chi connectivity index (χ0) is 18.2. The van der Waals surface area contributed by atoms with Crippen molar-refractivity contribution in [3.05, 3.63) is 59.7 Å². The van der Waals surface area contributed by atoms with Crippen molar-refractivity contribution in [3.63, 3.8) is 0 Å². The summed E-state index contributed by atoms with van der Waals surface area (Å²) in [4.78, 5) is 24.1. The van der Waals surface area contributed by atoms with Crippen LogP contribution in [0.4, 0.5) is 5.69 Å². The van der Waals surface area contributed by atoms with Gasteiger partial charge in [0.15, 0.2) is 12.7 Å². The Morgan fingerprint density at radius 2 is 1.76 bits per heavy atom. The van der Waals surface area contributed by atoms with Gasteiger partial charge in [-0.3, -0.25) is 4.79 Å². The standard InChI is InChI=1S/C20H23NO4/c1-4-18(25-16-10-6-5-7-11-16)20(23)24-13-19(22)21-17-12-8-9-14(2)15(17)3/h5-12,18H,4,13H2,1-3H3,(H,21,22)/t18-/m0/s1. The minimum Gasteiger partial charge on any atom is -0.479 e. The maximum atomic E-state index is 12.1. The third-order valence-electron chi connectivity index (χ3n) is 3.88. The molecule has 2 aromatic rings. The molecule has 1 atom stereocenters. The molecule has 0 heterocycles. The molecule has 0 fully saturated rings. The summed E-state index contributed by atoms with van der Waals surface area (Å²) in [5.41, 5.74) is 2.78. The number of anilines is 1. The third-order valence-corrected chi connectivity index (χ3v) is 3.88. The molecule has 0 aliphatic rings. The number of hydrogen-bond donors (Lipinski definition) is 1. The lowest BCUT2D eigenvalue weighted by atomic mass is 10.1. The van der Waals surface area contributed by atoms with Crippen LogP contribution in [-0.4, -0.2) is 24.6 Å². The van der Waals surface area contributed by atoms with Gasteiger partial charge in [0.25, 0.3) is 5.91 Å². The molecule has 5 nitrogen and oxygen atoms in total. The third kappa shape index (κ3) is 5.35. The van der Waals surface area contributed by atoms with Crippen molar-refractivity contribution < 1.29 is 19.1 Å². The first-order valence-corrected chi connectivity index (χ1v) is 8.25. The smallest absolute Gasteiger partial charge is 0.347 e. The highest BCUT2D eigenvalue weighted by Crippen LogP contribution is 2.18. The van der Waals surface area contributed by atoms with Crippen LogP contribution in [-0.2, 0) is 14.3 Å². The van der Waals surface area contributed by atoms with E-state index in [-0.39, 0.29) is 12.5 Å².